The number of benzene rings is 2. The molecule has 2 aromatic heterocycles. The molecule has 0 amide bonds. The molecule has 0 N–H and O–H groups in total. The number of halogens is 1. The third kappa shape index (κ3) is 2.22. The van der Waals surface area contributed by atoms with Crippen molar-refractivity contribution in [1.29, 1.82) is 0 Å². The molecule has 2 aliphatic heterocycles. The highest BCUT2D eigenvalue weighted by molar-refractivity contribution is 7.90. The molecular weight excluding hydrogens is 401 g/mol. The zero-order chi connectivity index (χ0) is 20.8. The van der Waals surface area contributed by atoms with Crippen molar-refractivity contribution < 1.29 is 12.8 Å². The second-order valence-electron chi connectivity index (χ2n) is 8.50. The van der Waals surface area contributed by atoms with E-state index in [9.17, 15) is 12.8 Å². The first-order valence-electron chi connectivity index (χ1n) is 10.2. The van der Waals surface area contributed by atoms with Gasteiger partial charge in [-0.25, -0.2) is 16.8 Å². The fraction of sp³-hybridized carbons (Fsp3) is 0.304. The molecule has 154 valence electrons. The zero-order valence-electron chi connectivity index (χ0n) is 16.8. The van der Waals surface area contributed by atoms with Crippen LogP contribution in [0.4, 0.5) is 4.39 Å². The number of nitrogens with zero attached hydrogens (tertiary/aromatic N) is 3. The second-order valence-corrected chi connectivity index (χ2v) is 10.3. The Labute approximate surface area is 174 Å². The number of hydrogen-bond acceptors (Lipinski definition) is 3. The van der Waals surface area contributed by atoms with Crippen molar-refractivity contribution in [2.45, 2.75) is 36.2 Å². The molecule has 30 heavy (non-hydrogen) atoms. The van der Waals surface area contributed by atoms with Crippen molar-refractivity contribution in [2.24, 2.45) is 7.05 Å². The van der Waals surface area contributed by atoms with Gasteiger partial charge in [0, 0.05) is 53.7 Å². The molecule has 2 aromatic carbocycles. The normalized spacial score (nSPS) is 21.6. The largest absolute Gasteiger partial charge is 0.347 e. The number of likely N-dealkylation sites (N-methyl/N-ethyl adjacent to an activating group) is 1. The molecule has 0 saturated carbocycles. The van der Waals surface area contributed by atoms with Gasteiger partial charge in [-0.15, -0.1) is 0 Å². The number of fused-ring (bicyclic) bond motifs is 7. The van der Waals surface area contributed by atoms with Crippen LogP contribution in [0.2, 0.25) is 0 Å². The molecule has 7 heteroatoms. The van der Waals surface area contributed by atoms with Crippen LogP contribution in [0.3, 0.4) is 0 Å². The molecule has 2 atom stereocenters. The summed E-state index contributed by atoms with van der Waals surface area (Å²) in [7, 11) is 0.396. The number of aromatic nitrogens is 2. The maximum absolute atomic E-state index is 14.1. The quantitative estimate of drug-likeness (QED) is 0.486. The van der Waals surface area contributed by atoms with Gasteiger partial charge in [0.25, 0.3) is 10.0 Å². The van der Waals surface area contributed by atoms with Crippen molar-refractivity contribution in [1.82, 2.24) is 13.4 Å². The lowest BCUT2D eigenvalue weighted by molar-refractivity contribution is 0.222. The van der Waals surface area contributed by atoms with Crippen LogP contribution in [-0.2, 0) is 23.5 Å². The van der Waals surface area contributed by atoms with Crippen molar-refractivity contribution in [3.63, 3.8) is 0 Å². The first kappa shape index (κ1) is 18.2. The van der Waals surface area contributed by atoms with E-state index in [-0.39, 0.29) is 4.90 Å². The van der Waals surface area contributed by atoms with Crippen LogP contribution in [0.25, 0.3) is 21.8 Å². The summed E-state index contributed by atoms with van der Waals surface area (Å²) in [6, 6.07) is 12.3. The van der Waals surface area contributed by atoms with E-state index < -0.39 is 15.8 Å². The predicted molar refractivity (Wildman–Crippen MR) is 115 cm³/mol. The highest BCUT2D eigenvalue weighted by atomic mass is 32.2. The van der Waals surface area contributed by atoms with Crippen LogP contribution < -0.4 is 0 Å². The van der Waals surface area contributed by atoms with Crippen molar-refractivity contribution >= 4 is 31.8 Å². The van der Waals surface area contributed by atoms with Gasteiger partial charge >= 0.3 is 0 Å². The minimum absolute atomic E-state index is 0.230. The third-order valence-electron chi connectivity index (χ3n) is 7.14. The molecule has 6 rings (SSSR count). The molecule has 4 heterocycles. The molecule has 0 spiro atoms. The number of aryl methyl sites for hydroxylation is 1. The first-order valence-corrected chi connectivity index (χ1v) is 11.7. The smallest absolute Gasteiger partial charge is 0.268 e. The Balaban J connectivity index is 1.57. The summed E-state index contributed by atoms with van der Waals surface area (Å²) in [5.74, 6) is -0.423. The number of hydrogen-bond donors (Lipinski definition) is 0. The lowest BCUT2D eigenvalue weighted by Gasteiger charge is -2.32. The molecule has 2 unspecified atom stereocenters. The standard InChI is InChI=1S/C23H22FN3O2S/c1-25-14-6-8-21(25)23-17-13-15(7-9-19(17)26(2)22(23)12-14)30(28,29)27-11-10-16-18(24)4-3-5-20(16)27/h3-5,7,9-11,13-14,21H,6,8,12H2,1-2H3. The average Bonchev–Trinajstić information content (AvgIpc) is 3.35. The predicted octanol–water partition coefficient (Wildman–Crippen LogP) is 4.20. The maximum atomic E-state index is 14.1. The summed E-state index contributed by atoms with van der Waals surface area (Å²) in [6.07, 6.45) is 4.71. The Hall–Kier alpha value is -2.64. The van der Waals surface area contributed by atoms with Crippen LogP contribution in [0.1, 0.15) is 30.1 Å². The number of rotatable bonds is 2. The molecule has 0 aliphatic carbocycles. The maximum Gasteiger partial charge on any atom is 0.268 e. The Morgan fingerprint density at radius 3 is 2.67 bits per heavy atom. The molecule has 5 nitrogen and oxygen atoms in total. The molecule has 4 aromatic rings. The molecule has 1 fully saturated rings. The highest BCUT2D eigenvalue weighted by Crippen LogP contribution is 2.46. The van der Waals surface area contributed by atoms with Crippen LogP contribution >= 0.6 is 0 Å². The van der Waals surface area contributed by atoms with Gasteiger partial charge in [0.15, 0.2) is 0 Å². The Morgan fingerprint density at radius 1 is 1.00 bits per heavy atom. The van der Waals surface area contributed by atoms with Gasteiger partial charge in [-0.2, -0.15) is 0 Å². The van der Waals surface area contributed by atoms with E-state index in [1.54, 1.807) is 18.2 Å². The first-order chi connectivity index (χ1) is 14.4. The lowest BCUT2D eigenvalue weighted by Crippen LogP contribution is -2.34. The molecule has 2 bridgehead atoms. The van der Waals surface area contributed by atoms with E-state index in [1.165, 1.54) is 46.0 Å². The fourth-order valence-electron chi connectivity index (χ4n) is 5.54. The topological polar surface area (TPSA) is 47.2 Å². The Morgan fingerprint density at radius 2 is 1.83 bits per heavy atom. The van der Waals surface area contributed by atoms with Gasteiger partial charge < -0.3 is 4.57 Å². The van der Waals surface area contributed by atoms with Gasteiger partial charge in [-0.05, 0) is 61.9 Å². The van der Waals surface area contributed by atoms with Gasteiger partial charge in [-0.3, -0.25) is 4.90 Å². The second kappa shape index (κ2) is 5.95. The summed E-state index contributed by atoms with van der Waals surface area (Å²) in [6.45, 7) is 0. The Kier molecular flexibility index (Phi) is 3.60. The zero-order valence-corrected chi connectivity index (χ0v) is 17.7. The SMILES string of the molecule is CN1C2CCC1c1c(n(C)c3ccc(S(=O)(=O)n4ccc5c(F)cccc54)cc13)C2. The van der Waals surface area contributed by atoms with E-state index in [2.05, 4.69) is 23.6 Å². The van der Waals surface area contributed by atoms with Gasteiger partial charge in [-0.1, -0.05) is 6.07 Å². The van der Waals surface area contributed by atoms with Crippen molar-refractivity contribution in [2.75, 3.05) is 7.05 Å². The van der Waals surface area contributed by atoms with Crippen molar-refractivity contribution in [3.8, 4) is 0 Å². The van der Waals surface area contributed by atoms with Gasteiger partial charge in [0.05, 0.1) is 10.4 Å². The fourth-order valence-corrected chi connectivity index (χ4v) is 6.91. The van der Waals surface area contributed by atoms with E-state index in [0.29, 0.717) is 23.0 Å². The van der Waals surface area contributed by atoms with E-state index in [1.807, 2.05) is 6.07 Å². The van der Waals surface area contributed by atoms with Gasteiger partial charge in [0.2, 0.25) is 0 Å². The summed E-state index contributed by atoms with van der Waals surface area (Å²) in [5.41, 5.74) is 4.00. The van der Waals surface area contributed by atoms with E-state index >= 15 is 0 Å². The summed E-state index contributed by atoms with van der Waals surface area (Å²) >= 11 is 0. The van der Waals surface area contributed by atoms with Crippen LogP contribution in [-0.4, -0.2) is 34.9 Å². The molecule has 1 saturated heterocycles. The van der Waals surface area contributed by atoms with E-state index in [4.69, 9.17) is 0 Å². The lowest BCUT2D eigenvalue weighted by atomic mass is 9.97. The minimum atomic E-state index is -3.85. The molecule has 0 radical (unpaired) electrons. The van der Waals surface area contributed by atoms with Crippen LogP contribution in [0.5, 0.6) is 0 Å². The van der Waals surface area contributed by atoms with Gasteiger partial charge in [0.1, 0.15) is 5.82 Å². The summed E-state index contributed by atoms with van der Waals surface area (Å²) < 4.78 is 44.5. The van der Waals surface area contributed by atoms with E-state index in [0.717, 1.165) is 23.7 Å². The van der Waals surface area contributed by atoms with Crippen molar-refractivity contribution in [3.05, 3.63) is 65.7 Å². The Bertz CT molecular complexity index is 1450. The monoisotopic (exact) mass is 423 g/mol. The summed E-state index contributed by atoms with van der Waals surface area (Å²) in [4.78, 5) is 2.67. The van der Waals surface area contributed by atoms with Crippen LogP contribution in [0, 0.1) is 5.82 Å². The van der Waals surface area contributed by atoms with Crippen LogP contribution in [0.15, 0.2) is 53.6 Å². The molecule has 2 aliphatic rings. The average molecular weight is 424 g/mol. The summed E-state index contributed by atoms with van der Waals surface area (Å²) in [5, 5.41) is 1.31. The third-order valence-corrected chi connectivity index (χ3v) is 8.83. The highest BCUT2D eigenvalue weighted by Gasteiger charge is 2.40. The minimum Gasteiger partial charge on any atom is -0.347 e. The molecular formula is C23H22FN3O2S.